The van der Waals surface area contributed by atoms with Crippen molar-refractivity contribution in [2.24, 2.45) is 0 Å². The molecule has 1 amide bonds. The van der Waals surface area contributed by atoms with Gasteiger partial charge in [-0.3, -0.25) is 4.79 Å². The van der Waals surface area contributed by atoms with Crippen LogP contribution in [0.5, 0.6) is 0 Å². The first-order valence-electron chi connectivity index (χ1n) is 9.60. The number of anilines is 2. The SMILES string of the molecule is Cc1cccc(NCC(=O)Nc2ccc(S(=O)(=O)N3C[C@H](C)O[C@@H](C)C3)cc2)c1. The largest absolute Gasteiger partial charge is 0.376 e. The van der Waals surface area contributed by atoms with E-state index in [1.165, 1.54) is 16.4 Å². The summed E-state index contributed by atoms with van der Waals surface area (Å²) in [4.78, 5) is 12.4. The van der Waals surface area contributed by atoms with E-state index in [1.54, 1.807) is 12.1 Å². The Hall–Kier alpha value is -2.42. The van der Waals surface area contributed by atoms with E-state index < -0.39 is 10.0 Å². The van der Waals surface area contributed by atoms with Crippen LogP contribution < -0.4 is 10.6 Å². The summed E-state index contributed by atoms with van der Waals surface area (Å²) in [6, 6.07) is 14.0. The molecule has 0 radical (unpaired) electrons. The number of carbonyl (C=O) groups is 1. The van der Waals surface area contributed by atoms with Crippen LogP contribution in [0.3, 0.4) is 0 Å². The van der Waals surface area contributed by atoms with E-state index in [9.17, 15) is 13.2 Å². The minimum Gasteiger partial charge on any atom is -0.376 e. The molecule has 2 atom stereocenters. The van der Waals surface area contributed by atoms with Crippen LogP contribution in [0.2, 0.25) is 0 Å². The number of morpholine rings is 1. The quantitative estimate of drug-likeness (QED) is 0.755. The predicted molar refractivity (Wildman–Crippen MR) is 114 cm³/mol. The summed E-state index contributed by atoms with van der Waals surface area (Å²) in [5, 5.41) is 5.84. The molecular formula is C21H27N3O4S. The highest BCUT2D eigenvalue weighted by molar-refractivity contribution is 7.89. The molecule has 1 heterocycles. The number of carbonyl (C=O) groups excluding carboxylic acids is 1. The first-order valence-corrected chi connectivity index (χ1v) is 11.0. The van der Waals surface area contributed by atoms with Gasteiger partial charge in [-0.05, 0) is 62.7 Å². The average Bonchev–Trinajstić information content (AvgIpc) is 2.66. The normalized spacial score (nSPS) is 20.2. The van der Waals surface area contributed by atoms with E-state index in [1.807, 2.05) is 45.0 Å². The summed E-state index contributed by atoms with van der Waals surface area (Å²) in [6.07, 6.45) is -0.291. The predicted octanol–water partition coefficient (Wildman–Crippen LogP) is 2.84. The van der Waals surface area contributed by atoms with E-state index in [4.69, 9.17) is 4.74 Å². The third-order valence-electron chi connectivity index (χ3n) is 4.63. The van der Waals surface area contributed by atoms with Gasteiger partial charge in [0.2, 0.25) is 15.9 Å². The van der Waals surface area contributed by atoms with E-state index in [2.05, 4.69) is 10.6 Å². The minimum absolute atomic E-state index is 0.118. The number of amides is 1. The molecule has 0 aromatic heterocycles. The Morgan fingerprint density at radius 3 is 2.34 bits per heavy atom. The van der Waals surface area contributed by atoms with Crippen molar-refractivity contribution in [3.63, 3.8) is 0 Å². The smallest absolute Gasteiger partial charge is 0.243 e. The number of aryl methyl sites for hydroxylation is 1. The molecule has 7 nitrogen and oxygen atoms in total. The fourth-order valence-electron chi connectivity index (χ4n) is 3.33. The topological polar surface area (TPSA) is 87.7 Å². The summed E-state index contributed by atoms with van der Waals surface area (Å²) in [5.41, 5.74) is 2.52. The van der Waals surface area contributed by atoms with Crippen molar-refractivity contribution in [3.8, 4) is 0 Å². The molecule has 1 aliphatic heterocycles. The summed E-state index contributed by atoms with van der Waals surface area (Å²) in [5.74, 6) is -0.210. The van der Waals surface area contributed by atoms with Gasteiger partial charge in [0.1, 0.15) is 0 Å². The van der Waals surface area contributed by atoms with Gasteiger partial charge in [0.25, 0.3) is 0 Å². The number of sulfonamides is 1. The zero-order chi connectivity index (χ0) is 21.0. The van der Waals surface area contributed by atoms with E-state index in [-0.39, 0.29) is 29.6 Å². The molecule has 3 rings (SSSR count). The average molecular weight is 418 g/mol. The lowest BCUT2D eigenvalue weighted by Crippen LogP contribution is -2.48. The maximum Gasteiger partial charge on any atom is 0.243 e. The molecule has 1 saturated heterocycles. The number of ether oxygens (including phenoxy) is 1. The summed E-state index contributed by atoms with van der Waals surface area (Å²) < 4.78 is 32.8. The first kappa shape index (κ1) is 21.3. The van der Waals surface area contributed by atoms with Crippen LogP contribution in [0.25, 0.3) is 0 Å². The van der Waals surface area contributed by atoms with E-state index in [0.717, 1.165) is 11.3 Å². The molecule has 0 spiro atoms. The second-order valence-corrected chi connectivity index (χ2v) is 9.31. The van der Waals surface area contributed by atoms with Gasteiger partial charge in [0.15, 0.2) is 0 Å². The van der Waals surface area contributed by atoms with Crippen LogP contribution in [-0.2, 0) is 19.6 Å². The van der Waals surface area contributed by atoms with Crippen molar-refractivity contribution < 1.29 is 17.9 Å². The molecule has 156 valence electrons. The van der Waals surface area contributed by atoms with Crippen molar-refractivity contribution in [3.05, 3.63) is 54.1 Å². The number of nitrogens with one attached hydrogen (secondary N) is 2. The molecule has 0 saturated carbocycles. The lowest BCUT2D eigenvalue weighted by Gasteiger charge is -2.34. The van der Waals surface area contributed by atoms with Gasteiger partial charge in [-0.2, -0.15) is 4.31 Å². The highest BCUT2D eigenvalue weighted by atomic mass is 32.2. The van der Waals surface area contributed by atoms with Gasteiger partial charge in [-0.1, -0.05) is 12.1 Å². The second-order valence-electron chi connectivity index (χ2n) is 7.37. The maximum atomic E-state index is 12.9. The fourth-order valence-corrected chi connectivity index (χ4v) is 4.92. The zero-order valence-corrected chi connectivity index (χ0v) is 17.7. The summed E-state index contributed by atoms with van der Waals surface area (Å²) in [6.45, 7) is 6.49. The number of rotatable bonds is 6. The number of hydrogen-bond donors (Lipinski definition) is 2. The molecule has 1 aliphatic rings. The molecule has 1 fully saturated rings. The molecule has 0 bridgehead atoms. The van der Waals surface area contributed by atoms with Gasteiger partial charge in [-0.25, -0.2) is 8.42 Å². The van der Waals surface area contributed by atoms with Crippen LogP contribution >= 0.6 is 0 Å². The van der Waals surface area contributed by atoms with Crippen LogP contribution in [0.4, 0.5) is 11.4 Å². The van der Waals surface area contributed by atoms with Crippen molar-refractivity contribution in [2.45, 2.75) is 37.9 Å². The Bertz CT molecular complexity index is 950. The number of benzene rings is 2. The Morgan fingerprint density at radius 1 is 1.07 bits per heavy atom. The number of hydrogen-bond acceptors (Lipinski definition) is 5. The summed E-state index contributed by atoms with van der Waals surface area (Å²) >= 11 is 0. The third kappa shape index (κ3) is 5.56. The van der Waals surface area contributed by atoms with Crippen molar-refractivity contribution in [1.82, 2.24) is 4.31 Å². The minimum atomic E-state index is -3.60. The molecule has 2 aromatic rings. The monoisotopic (exact) mass is 417 g/mol. The van der Waals surface area contributed by atoms with Crippen molar-refractivity contribution >= 4 is 27.3 Å². The van der Waals surface area contributed by atoms with Gasteiger partial charge in [0, 0.05) is 24.5 Å². The van der Waals surface area contributed by atoms with Crippen LogP contribution in [0, 0.1) is 6.92 Å². The molecule has 29 heavy (non-hydrogen) atoms. The molecule has 8 heteroatoms. The van der Waals surface area contributed by atoms with Crippen molar-refractivity contribution in [2.75, 3.05) is 30.3 Å². The lowest BCUT2D eigenvalue weighted by molar-refractivity contribution is -0.114. The number of nitrogens with zero attached hydrogens (tertiary/aromatic N) is 1. The van der Waals surface area contributed by atoms with Gasteiger partial charge < -0.3 is 15.4 Å². The molecule has 2 aromatic carbocycles. The molecule has 0 unspecified atom stereocenters. The Kier molecular flexibility index (Phi) is 6.56. The van der Waals surface area contributed by atoms with Crippen molar-refractivity contribution in [1.29, 1.82) is 0 Å². The standard InChI is InChI=1S/C21H27N3O4S/c1-15-5-4-6-19(11-15)22-12-21(25)23-18-7-9-20(10-8-18)29(26,27)24-13-16(2)28-17(3)14-24/h4-11,16-17,22H,12-14H2,1-3H3,(H,23,25)/t16-,17-/m0/s1. The van der Waals surface area contributed by atoms with E-state index >= 15 is 0 Å². The molecule has 0 aliphatic carbocycles. The highest BCUT2D eigenvalue weighted by Gasteiger charge is 2.32. The maximum absolute atomic E-state index is 12.9. The van der Waals surface area contributed by atoms with Crippen LogP contribution in [0.15, 0.2) is 53.4 Å². The van der Waals surface area contributed by atoms with Gasteiger partial charge >= 0.3 is 0 Å². The van der Waals surface area contributed by atoms with Crippen LogP contribution in [0.1, 0.15) is 19.4 Å². The van der Waals surface area contributed by atoms with Gasteiger partial charge in [-0.15, -0.1) is 0 Å². The third-order valence-corrected chi connectivity index (χ3v) is 6.48. The highest BCUT2D eigenvalue weighted by Crippen LogP contribution is 2.22. The van der Waals surface area contributed by atoms with Gasteiger partial charge in [0.05, 0.1) is 23.6 Å². The molecule has 2 N–H and O–H groups in total. The summed E-state index contributed by atoms with van der Waals surface area (Å²) in [7, 11) is -3.60. The first-order chi connectivity index (χ1) is 13.7. The fraction of sp³-hybridized carbons (Fsp3) is 0.381. The second kappa shape index (κ2) is 8.94. The Balaban J connectivity index is 1.60. The van der Waals surface area contributed by atoms with Crippen LogP contribution in [-0.4, -0.2) is 50.5 Å². The molecular weight excluding hydrogens is 390 g/mol. The Labute approximate surface area is 172 Å². The lowest BCUT2D eigenvalue weighted by atomic mass is 10.2. The Morgan fingerprint density at radius 2 is 1.72 bits per heavy atom. The van der Waals surface area contributed by atoms with E-state index in [0.29, 0.717) is 18.8 Å². The zero-order valence-electron chi connectivity index (χ0n) is 16.9.